The van der Waals surface area contributed by atoms with Gasteiger partial charge in [0.2, 0.25) is 0 Å². The van der Waals surface area contributed by atoms with E-state index in [2.05, 4.69) is 0 Å². The van der Waals surface area contributed by atoms with E-state index >= 15 is 0 Å². The zero-order valence-electron chi connectivity index (χ0n) is 4.19. The molecule has 0 aliphatic rings. The van der Waals surface area contributed by atoms with Gasteiger partial charge in [-0.05, 0) is 0 Å². The Bertz CT molecular complexity index is 13.5. The molecule has 0 aliphatic carbocycles. The largest absolute Gasteiger partial charge is 2.00 e. The summed E-state index contributed by atoms with van der Waals surface area (Å²) in [4.78, 5) is 0. The quantitative estimate of drug-likeness (QED) is 0.523. The molecule has 0 saturated carbocycles. The fraction of sp³-hybridized carbons (Fsp3) is 0. The minimum atomic E-state index is 0. The molecule has 0 saturated heterocycles. The summed E-state index contributed by atoms with van der Waals surface area (Å²) in [7, 11) is 0. The molecule has 3 radical (unpaired) electrons. The van der Waals surface area contributed by atoms with Crippen LogP contribution >= 0.6 is 0 Å². The second kappa shape index (κ2) is 16.3. The summed E-state index contributed by atoms with van der Waals surface area (Å²) in [5, 5.41) is 0. The van der Waals surface area contributed by atoms with Gasteiger partial charge in [0.05, 0.1) is 0 Å². The normalized spacial score (nSPS) is 1.00. The Kier molecular flexibility index (Phi) is 63.8. The number of hydrogen-bond acceptors (Lipinski definition) is 1. The van der Waals surface area contributed by atoms with Crippen molar-refractivity contribution in [3.63, 3.8) is 0 Å². The average molecular weight is 363 g/mol. The van der Waals surface area contributed by atoms with E-state index in [4.69, 9.17) is 3.08 Å². The summed E-state index contributed by atoms with van der Waals surface area (Å²) in [5.74, 6) is 0. The van der Waals surface area contributed by atoms with E-state index in [1.165, 1.54) is 0 Å². The van der Waals surface area contributed by atoms with E-state index in [-0.39, 0.29) is 83.9 Å². The molecule has 17 valence electrons. The summed E-state index contributed by atoms with van der Waals surface area (Å²) in [6, 6.07) is 0. The number of rotatable bonds is 0. The van der Waals surface area contributed by atoms with Crippen molar-refractivity contribution in [1.29, 1.82) is 0 Å². The molecule has 0 spiro atoms. The van der Waals surface area contributed by atoms with Gasteiger partial charge in [-0.2, -0.15) is 0 Å². The first kappa shape index (κ1) is 15.7. The number of hydrogen-bond donors (Lipinski definition) is 0. The molecule has 4 heteroatoms. The van der Waals surface area contributed by atoms with Gasteiger partial charge in [-0.3, -0.25) is 0 Å². The smallest absolute Gasteiger partial charge is 2.00 e. The van der Waals surface area contributed by atoms with Crippen LogP contribution in [0.4, 0.5) is 0 Å². The molecule has 0 amide bonds. The molecule has 0 unspecified atom stereocenters. The van der Waals surface area contributed by atoms with Gasteiger partial charge in [0.15, 0.2) is 0 Å². The fourth-order valence-electron chi connectivity index (χ4n) is 0. The maximum atomic E-state index is 8.34. The van der Waals surface area contributed by atoms with Crippen molar-refractivity contribution in [2.45, 2.75) is 0 Å². The Hall–Kier alpha value is 3.27. The maximum absolute atomic E-state index is 8.34. The summed E-state index contributed by atoms with van der Waals surface area (Å²) >= 11 is 0.300. The van der Waals surface area contributed by atoms with Crippen molar-refractivity contribution in [1.82, 2.24) is 0 Å². The van der Waals surface area contributed by atoms with Crippen LogP contribution in [0.3, 0.4) is 0 Å². The summed E-state index contributed by atoms with van der Waals surface area (Å²) in [6.07, 6.45) is 0. The minimum absolute atomic E-state index is 0. The fourth-order valence-corrected chi connectivity index (χ4v) is 0. The third-order valence-electron chi connectivity index (χ3n) is 0. The van der Waals surface area contributed by atoms with Crippen molar-refractivity contribution in [2.75, 3.05) is 0 Å². The van der Waals surface area contributed by atoms with Crippen molar-refractivity contribution in [3.8, 4) is 0 Å². The zero-order valence-corrected chi connectivity index (χ0v) is 12.1. The van der Waals surface area contributed by atoms with Gasteiger partial charge >= 0.3 is 71.1 Å². The van der Waals surface area contributed by atoms with E-state index in [0.29, 0.717) is 22.5 Å². The molecule has 0 aromatic heterocycles. The Morgan fingerprint density at radius 2 is 1.50 bits per heavy atom. The Labute approximate surface area is 107 Å². The Morgan fingerprint density at radius 1 is 1.50 bits per heavy atom. The van der Waals surface area contributed by atoms with Gasteiger partial charge in [-0.25, -0.2) is 0 Å². The molecule has 0 fully saturated rings. The van der Waals surface area contributed by atoms with E-state index < -0.39 is 0 Å². The first-order chi connectivity index (χ1) is 1.00. The molecule has 0 heterocycles. The summed E-state index contributed by atoms with van der Waals surface area (Å²) in [5.41, 5.74) is 0. The van der Waals surface area contributed by atoms with Crippen molar-refractivity contribution in [2.24, 2.45) is 0 Å². The topological polar surface area (TPSA) is 17.1 Å². The SMILES string of the molecule is [H-].[H-].[La].[O]=[Sn].[Sr+2]. The molecular formula is H2LaOSnSr. The minimum Gasteiger partial charge on any atom is 2.00 e. The monoisotopic (exact) mass is 365 g/mol. The summed E-state index contributed by atoms with van der Waals surface area (Å²) in [6.45, 7) is 0. The van der Waals surface area contributed by atoms with Gasteiger partial charge in [0, 0.05) is 35.6 Å². The summed E-state index contributed by atoms with van der Waals surface area (Å²) < 4.78 is 8.34. The first-order valence-corrected chi connectivity index (χ1v) is 1.37. The molecule has 0 aromatic carbocycles. The van der Waals surface area contributed by atoms with Gasteiger partial charge in [0.25, 0.3) is 0 Å². The van der Waals surface area contributed by atoms with Crippen LogP contribution in [0.25, 0.3) is 0 Å². The van der Waals surface area contributed by atoms with Gasteiger partial charge < -0.3 is 2.85 Å². The second-order valence-corrected chi connectivity index (χ2v) is 0. The zero-order chi connectivity index (χ0) is 2.00. The molecule has 0 aliphatic heterocycles. The molecule has 0 bridgehead atoms. The van der Waals surface area contributed by atoms with Crippen LogP contribution < -0.4 is 0 Å². The van der Waals surface area contributed by atoms with Crippen LogP contribution in [0.2, 0.25) is 0 Å². The van der Waals surface area contributed by atoms with Crippen molar-refractivity contribution in [3.05, 3.63) is 0 Å². The van der Waals surface area contributed by atoms with Gasteiger partial charge in [0.1, 0.15) is 0 Å². The van der Waals surface area contributed by atoms with E-state index in [9.17, 15) is 0 Å². The maximum Gasteiger partial charge on any atom is 2.00 e. The molecule has 0 aromatic rings. The first-order valence-electron chi connectivity index (χ1n) is 0.204. The van der Waals surface area contributed by atoms with Crippen LogP contribution in [0.5, 0.6) is 0 Å². The van der Waals surface area contributed by atoms with Crippen LogP contribution in [0.1, 0.15) is 2.85 Å². The van der Waals surface area contributed by atoms with Crippen molar-refractivity contribution >= 4 is 68.0 Å². The van der Waals surface area contributed by atoms with Crippen LogP contribution in [0.15, 0.2) is 0 Å². The van der Waals surface area contributed by atoms with Gasteiger partial charge in [-0.15, -0.1) is 0 Å². The third kappa shape index (κ3) is 8.99. The standard InChI is InChI=1S/La.O.Sn.Sr.2H/q;;;+2;2*-1. The van der Waals surface area contributed by atoms with Crippen LogP contribution in [-0.4, -0.2) is 68.0 Å². The Balaban J connectivity index is -0.000000000833. The predicted molar refractivity (Wildman–Crippen MR) is 14.4 cm³/mol. The van der Waals surface area contributed by atoms with Gasteiger partial charge in [-0.1, -0.05) is 0 Å². The second-order valence-electron chi connectivity index (χ2n) is 0. The average Bonchev–Trinajstić information content (AvgIpc) is 1.00. The van der Waals surface area contributed by atoms with E-state index in [1.807, 2.05) is 0 Å². The van der Waals surface area contributed by atoms with Crippen LogP contribution in [0, 0.1) is 35.6 Å². The third-order valence-corrected chi connectivity index (χ3v) is 0. The van der Waals surface area contributed by atoms with E-state index in [0.717, 1.165) is 0 Å². The van der Waals surface area contributed by atoms with Crippen LogP contribution in [-0.2, 0) is 3.08 Å². The molecule has 4 heavy (non-hydrogen) atoms. The van der Waals surface area contributed by atoms with Crippen molar-refractivity contribution < 1.29 is 41.5 Å². The molecule has 0 atom stereocenters. The molecule has 0 N–H and O–H groups in total. The predicted octanol–water partition coefficient (Wildman–Crippen LogP) is -0.655. The Morgan fingerprint density at radius 3 is 1.50 bits per heavy atom. The van der Waals surface area contributed by atoms with E-state index in [1.54, 1.807) is 0 Å². The molecular weight excluding hydrogens is 361 g/mol. The molecule has 0 rings (SSSR count). The molecule has 1 nitrogen and oxygen atoms in total.